The van der Waals surface area contributed by atoms with Gasteiger partial charge >= 0.3 is 5.69 Å². The van der Waals surface area contributed by atoms with E-state index < -0.39 is 5.69 Å². The molecule has 1 saturated heterocycles. The summed E-state index contributed by atoms with van der Waals surface area (Å²) in [6, 6.07) is 13.8. The van der Waals surface area contributed by atoms with Crippen LogP contribution in [0.2, 0.25) is 0 Å². The molecule has 7 nitrogen and oxygen atoms in total. The number of fused-ring (bicyclic) bond motifs is 1. The molecule has 3 heterocycles. The van der Waals surface area contributed by atoms with Crippen molar-refractivity contribution in [1.82, 2.24) is 14.0 Å². The van der Waals surface area contributed by atoms with Crippen molar-refractivity contribution in [2.24, 2.45) is 0 Å². The van der Waals surface area contributed by atoms with Crippen molar-refractivity contribution >= 4 is 33.1 Å². The quantitative estimate of drug-likeness (QED) is 0.438. The van der Waals surface area contributed by atoms with Crippen LogP contribution in [0.1, 0.15) is 11.1 Å². The van der Waals surface area contributed by atoms with Gasteiger partial charge in [-0.25, -0.2) is 13.8 Å². The van der Waals surface area contributed by atoms with Gasteiger partial charge < -0.3 is 9.80 Å². The molecule has 0 bridgehead atoms. The second kappa shape index (κ2) is 9.14. The van der Waals surface area contributed by atoms with E-state index in [2.05, 4.69) is 0 Å². The molecule has 1 fully saturated rings. The smallest absolute Gasteiger partial charge is 0.336 e. The molecule has 180 valence electrons. The first-order valence-electron chi connectivity index (χ1n) is 11.4. The summed E-state index contributed by atoms with van der Waals surface area (Å²) in [7, 11) is 0. The van der Waals surface area contributed by atoms with Crippen molar-refractivity contribution in [3.8, 4) is 5.69 Å². The Morgan fingerprint density at radius 2 is 1.66 bits per heavy atom. The van der Waals surface area contributed by atoms with E-state index >= 15 is 0 Å². The molecule has 0 spiro atoms. The van der Waals surface area contributed by atoms with E-state index in [4.69, 9.17) is 0 Å². The Bertz CT molecular complexity index is 1550. The predicted molar refractivity (Wildman–Crippen MR) is 136 cm³/mol. The summed E-state index contributed by atoms with van der Waals surface area (Å²) in [6.45, 7) is 5.47. The number of anilines is 1. The third-order valence-electron chi connectivity index (χ3n) is 6.69. The van der Waals surface area contributed by atoms with Crippen molar-refractivity contribution < 1.29 is 9.18 Å². The Morgan fingerprint density at radius 3 is 2.40 bits per heavy atom. The number of piperazine rings is 1. The van der Waals surface area contributed by atoms with Crippen LogP contribution >= 0.6 is 11.3 Å². The molecular weight excluding hydrogens is 467 g/mol. The Labute approximate surface area is 205 Å². The number of halogens is 1. The highest BCUT2D eigenvalue weighted by molar-refractivity contribution is 7.17. The zero-order chi connectivity index (χ0) is 24.7. The van der Waals surface area contributed by atoms with E-state index in [9.17, 15) is 18.8 Å². The Kier molecular flexibility index (Phi) is 6.02. The van der Waals surface area contributed by atoms with E-state index in [-0.39, 0.29) is 23.8 Å². The predicted octanol–water partition coefficient (Wildman–Crippen LogP) is 3.32. The normalized spacial score (nSPS) is 14.0. The second-order valence-corrected chi connectivity index (χ2v) is 9.60. The van der Waals surface area contributed by atoms with Crippen LogP contribution in [0.5, 0.6) is 0 Å². The zero-order valence-electron chi connectivity index (χ0n) is 19.5. The number of nitrogens with zero attached hydrogens (tertiary/aromatic N) is 4. The Hall–Kier alpha value is -3.72. The fourth-order valence-corrected chi connectivity index (χ4v) is 5.39. The van der Waals surface area contributed by atoms with Crippen LogP contribution in [0.3, 0.4) is 0 Å². The van der Waals surface area contributed by atoms with Gasteiger partial charge in [-0.15, -0.1) is 11.3 Å². The maximum Gasteiger partial charge on any atom is 0.336 e. The van der Waals surface area contributed by atoms with Crippen LogP contribution in [0.15, 0.2) is 63.5 Å². The lowest BCUT2D eigenvalue weighted by Gasteiger charge is -2.36. The maximum atomic E-state index is 14.2. The minimum atomic E-state index is -0.534. The number of hydrogen-bond acceptors (Lipinski definition) is 5. The number of carbonyl (C=O) groups is 1. The number of aromatic nitrogens is 2. The van der Waals surface area contributed by atoms with Gasteiger partial charge in [0, 0.05) is 26.2 Å². The number of thiophene rings is 1. The fraction of sp³-hybridized carbons (Fsp3) is 0.269. The third-order valence-corrected chi connectivity index (χ3v) is 7.58. The van der Waals surface area contributed by atoms with Gasteiger partial charge in [-0.1, -0.05) is 24.3 Å². The molecule has 1 amide bonds. The highest BCUT2D eigenvalue weighted by Crippen LogP contribution is 2.21. The number of hydrogen-bond donors (Lipinski definition) is 0. The summed E-state index contributed by atoms with van der Waals surface area (Å²) in [5.74, 6) is -0.494. The van der Waals surface area contributed by atoms with Gasteiger partial charge in [0.25, 0.3) is 5.56 Å². The van der Waals surface area contributed by atoms with E-state index in [0.717, 1.165) is 11.1 Å². The molecule has 0 aliphatic carbocycles. The third kappa shape index (κ3) is 4.05. The van der Waals surface area contributed by atoms with Crippen molar-refractivity contribution in [2.75, 3.05) is 31.1 Å². The van der Waals surface area contributed by atoms with Crippen LogP contribution in [0.25, 0.3) is 15.9 Å². The minimum Gasteiger partial charge on any atom is -0.366 e. The molecule has 4 aromatic rings. The first-order chi connectivity index (χ1) is 16.9. The van der Waals surface area contributed by atoms with Crippen LogP contribution in [-0.4, -0.2) is 46.1 Å². The first-order valence-corrected chi connectivity index (χ1v) is 12.3. The number of amides is 1. The first kappa shape index (κ1) is 23.0. The van der Waals surface area contributed by atoms with Gasteiger partial charge in [0.15, 0.2) is 0 Å². The lowest BCUT2D eigenvalue weighted by molar-refractivity contribution is -0.132. The molecule has 0 saturated carbocycles. The van der Waals surface area contributed by atoms with Crippen molar-refractivity contribution in [3.05, 3.63) is 91.7 Å². The summed E-state index contributed by atoms with van der Waals surface area (Å²) < 4.78 is 17.1. The van der Waals surface area contributed by atoms with Gasteiger partial charge in [0.05, 0.1) is 16.9 Å². The van der Waals surface area contributed by atoms with Crippen molar-refractivity contribution in [3.63, 3.8) is 0 Å². The summed E-state index contributed by atoms with van der Waals surface area (Å²) in [6.07, 6.45) is 0. The average molecular weight is 493 g/mol. The van der Waals surface area contributed by atoms with Crippen molar-refractivity contribution in [1.29, 1.82) is 0 Å². The molecule has 35 heavy (non-hydrogen) atoms. The molecule has 9 heteroatoms. The highest BCUT2D eigenvalue weighted by Gasteiger charge is 2.25. The van der Waals surface area contributed by atoms with Crippen molar-refractivity contribution in [2.45, 2.75) is 20.4 Å². The lowest BCUT2D eigenvalue weighted by Crippen LogP contribution is -2.51. The minimum absolute atomic E-state index is 0.170. The molecule has 1 aliphatic rings. The number of carbonyl (C=O) groups excluding carboxylic acids is 1. The summed E-state index contributed by atoms with van der Waals surface area (Å²) in [5.41, 5.74) is 2.40. The van der Waals surface area contributed by atoms with Gasteiger partial charge in [-0.05, 0) is 54.6 Å². The molecule has 5 rings (SSSR count). The summed E-state index contributed by atoms with van der Waals surface area (Å²) >= 11 is 1.26. The largest absolute Gasteiger partial charge is 0.366 e. The number of benzene rings is 2. The number of rotatable bonds is 4. The molecule has 0 atom stereocenters. The van der Waals surface area contributed by atoms with Crippen LogP contribution in [-0.2, 0) is 11.3 Å². The highest BCUT2D eigenvalue weighted by atomic mass is 32.1. The SMILES string of the molecule is Cc1cccc(-n2c(=O)c3sccc3n(CC(=O)N3CCN(c4ccccc4F)CC3)c2=O)c1C. The molecule has 0 radical (unpaired) electrons. The molecule has 2 aromatic heterocycles. The van der Waals surface area contributed by atoms with Gasteiger partial charge in [-0.3, -0.25) is 14.2 Å². The lowest BCUT2D eigenvalue weighted by atomic mass is 10.1. The molecule has 0 N–H and O–H groups in total. The van der Waals surface area contributed by atoms with Gasteiger partial charge in [-0.2, -0.15) is 0 Å². The van der Waals surface area contributed by atoms with E-state index in [1.54, 1.807) is 40.6 Å². The molecule has 1 aliphatic heterocycles. The summed E-state index contributed by atoms with van der Waals surface area (Å²) in [5, 5.41) is 1.76. The van der Waals surface area contributed by atoms with Crippen LogP contribution < -0.4 is 16.1 Å². The van der Waals surface area contributed by atoms with Gasteiger partial charge in [0.1, 0.15) is 17.1 Å². The Balaban J connectivity index is 1.45. The van der Waals surface area contributed by atoms with E-state index in [0.29, 0.717) is 47.8 Å². The molecular formula is C26H25FN4O3S. The van der Waals surface area contributed by atoms with Gasteiger partial charge in [0.2, 0.25) is 5.91 Å². The second-order valence-electron chi connectivity index (χ2n) is 8.68. The number of para-hydroxylation sites is 1. The standard InChI is InChI=1S/C26H25FN4O3S/c1-17-6-5-9-20(18(17)2)31-25(33)24-22(10-15-35-24)30(26(31)34)16-23(32)29-13-11-28(12-14-29)21-8-4-3-7-19(21)27/h3-10,15H,11-14,16H2,1-2H3. The summed E-state index contributed by atoms with van der Waals surface area (Å²) in [4.78, 5) is 43.7. The van der Waals surface area contributed by atoms with Crippen LogP contribution in [0, 0.1) is 19.7 Å². The molecule has 0 unspecified atom stereocenters. The monoisotopic (exact) mass is 492 g/mol. The zero-order valence-corrected chi connectivity index (χ0v) is 20.3. The fourth-order valence-electron chi connectivity index (χ4n) is 4.57. The van der Waals surface area contributed by atoms with E-state index in [1.165, 1.54) is 26.5 Å². The maximum absolute atomic E-state index is 14.2. The van der Waals surface area contributed by atoms with E-state index in [1.807, 2.05) is 30.9 Å². The Morgan fingerprint density at radius 1 is 0.943 bits per heavy atom. The average Bonchev–Trinajstić information content (AvgIpc) is 3.35. The number of aryl methyl sites for hydroxylation is 1. The molecule has 2 aromatic carbocycles. The van der Waals surface area contributed by atoms with Crippen LogP contribution in [0.4, 0.5) is 10.1 Å². The topological polar surface area (TPSA) is 67.6 Å².